The van der Waals surface area contributed by atoms with Crippen LogP contribution < -0.4 is 19.7 Å². The van der Waals surface area contributed by atoms with E-state index in [9.17, 15) is 4.79 Å². The summed E-state index contributed by atoms with van der Waals surface area (Å²) in [5.41, 5.74) is 1.53. The van der Waals surface area contributed by atoms with Crippen molar-refractivity contribution >= 4 is 17.5 Å². The lowest BCUT2D eigenvalue weighted by Crippen LogP contribution is -3.06. The van der Waals surface area contributed by atoms with E-state index in [1.807, 2.05) is 30.3 Å². The van der Waals surface area contributed by atoms with E-state index in [0.29, 0.717) is 22.1 Å². The molecular formula is C18H20ClN2O3+. The van der Waals surface area contributed by atoms with Crippen LogP contribution in [-0.2, 0) is 0 Å². The number of fused-ring (bicyclic) bond motifs is 1. The molecule has 0 unspecified atom stereocenters. The van der Waals surface area contributed by atoms with Gasteiger partial charge in [-0.2, -0.15) is 0 Å². The van der Waals surface area contributed by atoms with Gasteiger partial charge in [-0.15, -0.1) is 0 Å². The normalized spacial score (nSPS) is 13.8. The van der Waals surface area contributed by atoms with Crippen LogP contribution in [-0.4, -0.2) is 33.3 Å². The maximum atomic E-state index is 12.7. The number of hydrogen-bond acceptors (Lipinski definition) is 3. The van der Waals surface area contributed by atoms with E-state index in [1.54, 1.807) is 12.1 Å². The number of likely N-dealkylation sites (N-methyl/N-ethyl adjacent to an activating group) is 1. The average molecular weight is 348 g/mol. The number of rotatable bonds is 5. The third kappa shape index (κ3) is 3.63. The van der Waals surface area contributed by atoms with Gasteiger partial charge in [-0.1, -0.05) is 41.9 Å². The maximum absolute atomic E-state index is 12.7. The number of carbonyl (C=O) groups is 1. The van der Waals surface area contributed by atoms with Gasteiger partial charge in [-0.3, -0.25) is 4.79 Å². The Morgan fingerprint density at radius 1 is 1.25 bits per heavy atom. The Morgan fingerprint density at radius 2 is 2.00 bits per heavy atom. The van der Waals surface area contributed by atoms with Crippen molar-refractivity contribution < 1.29 is 19.2 Å². The highest BCUT2D eigenvalue weighted by Gasteiger charge is 2.23. The molecular weight excluding hydrogens is 328 g/mol. The Kier molecular flexibility index (Phi) is 4.92. The zero-order valence-electron chi connectivity index (χ0n) is 13.6. The first-order chi connectivity index (χ1) is 11.5. The summed E-state index contributed by atoms with van der Waals surface area (Å²) in [5, 5.41) is 3.46. The van der Waals surface area contributed by atoms with Crippen molar-refractivity contribution in [2.75, 3.05) is 27.4 Å². The number of quaternary nitrogens is 1. The molecule has 0 spiro atoms. The minimum Gasteiger partial charge on any atom is -0.454 e. The molecule has 0 aromatic heterocycles. The Bertz CT molecular complexity index is 735. The number of amides is 1. The summed E-state index contributed by atoms with van der Waals surface area (Å²) in [6.07, 6.45) is 0. The Labute approximate surface area is 146 Å². The van der Waals surface area contributed by atoms with E-state index >= 15 is 0 Å². The highest BCUT2D eigenvalue weighted by Crippen LogP contribution is 2.39. The highest BCUT2D eigenvalue weighted by molar-refractivity contribution is 6.32. The molecule has 0 radical (unpaired) electrons. The molecule has 0 saturated carbocycles. The van der Waals surface area contributed by atoms with Crippen LogP contribution in [0.25, 0.3) is 0 Å². The lowest BCUT2D eigenvalue weighted by Gasteiger charge is -2.21. The number of hydrogen-bond donors (Lipinski definition) is 2. The second-order valence-electron chi connectivity index (χ2n) is 6.04. The lowest BCUT2D eigenvalue weighted by atomic mass is 10.1. The van der Waals surface area contributed by atoms with E-state index in [1.165, 1.54) is 4.90 Å². The SMILES string of the molecule is C[NH+](C)C[C@@H](NC(=O)c1cc(Cl)c2c(c1)OCO2)c1ccccc1. The molecule has 0 fully saturated rings. The Balaban J connectivity index is 1.82. The molecule has 0 bridgehead atoms. The molecule has 1 amide bonds. The lowest BCUT2D eigenvalue weighted by molar-refractivity contribution is -0.860. The minimum absolute atomic E-state index is 0.0899. The molecule has 1 atom stereocenters. The van der Waals surface area contributed by atoms with E-state index in [-0.39, 0.29) is 18.7 Å². The van der Waals surface area contributed by atoms with Gasteiger partial charge in [0.2, 0.25) is 6.79 Å². The molecule has 1 aliphatic heterocycles. The molecule has 1 heterocycles. The third-order valence-corrected chi connectivity index (χ3v) is 4.09. The molecule has 0 saturated heterocycles. The van der Waals surface area contributed by atoms with Crippen molar-refractivity contribution in [3.63, 3.8) is 0 Å². The predicted octanol–water partition coefficient (Wildman–Crippen LogP) is 1.68. The van der Waals surface area contributed by atoms with Crippen molar-refractivity contribution in [1.82, 2.24) is 5.32 Å². The van der Waals surface area contributed by atoms with Crippen LogP contribution in [0.4, 0.5) is 0 Å². The van der Waals surface area contributed by atoms with E-state index in [2.05, 4.69) is 19.4 Å². The fourth-order valence-corrected chi connectivity index (χ4v) is 2.95. The van der Waals surface area contributed by atoms with Crippen LogP contribution in [0, 0.1) is 0 Å². The number of halogens is 1. The Morgan fingerprint density at radius 3 is 2.71 bits per heavy atom. The fourth-order valence-electron chi connectivity index (χ4n) is 2.69. The van der Waals surface area contributed by atoms with Gasteiger partial charge in [-0.25, -0.2) is 0 Å². The minimum atomic E-state index is -0.190. The van der Waals surface area contributed by atoms with Gasteiger partial charge in [-0.05, 0) is 17.7 Å². The largest absolute Gasteiger partial charge is 0.454 e. The zero-order valence-corrected chi connectivity index (χ0v) is 14.4. The monoisotopic (exact) mass is 347 g/mol. The van der Waals surface area contributed by atoms with Crippen molar-refractivity contribution in [1.29, 1.82) is 0 Å². The summed E-state index contributed by atoms with van der Waals surface area (Å²) in [6, 6.07) is 13.1. The number of carbonyl (C=O) groups excluding carboxylic acids is 1. The first kappa shape index (κ1) is 16.6. The maximum Gasteiger partial charge on any atom is 0.252 e. The van der Waals surface area contributed by atoms with E-state index in [0.717, 1.165) is 12.1 Å². The van der Waals surface area contributed by atoms with Crippen LogP contribution in [0.2, 0.25) is 5.02 Å². The molecule has 6 heteroatoms. The van der Waals surface area contributed by atoms with Crippen molar-refractivity contribution in [2.24, 2.45) is 0 Å². The van der Waals surface area contributed by atoms with Gasteiger partial charge >= 0.3 is 0 Å². The van der Waals surface area contributed by atoms with E-state index in [4.69, 9.17) is 21.1 Å². The summed E-state index contributed by atoms with van der Waals surface area (Å²) >= 11 is 6.17. The topological polar surface area (TPSA) is 52.0 Å². The molecule has 3 rings (SSSR count). The van der Waals surface area contributed by atoms with Gasteiger partial charge < -0.3 is 19.7 Å². The summed E-state index contributed by atoms with van der Waals surface area (Å²) in [4.78, 5) is 13.9. The molecule has 2 N–H and O–H groups in total. The van der Waals surface area contributed by atoms with Crippen molar-refractivity contribution in [3.05, 3.63) is 58.6 Å². The van der Waals surface area contributed by atoms with Crippen molar-refractivity contribution in [2.45, 2.75) is 6.04 Å². The summed E-state index contributed by atoms with van der Waals surface area (Å²) < 4.78 is 10.6. The van der Waals surface area contributed by atoms with E-state index < -0.39 is 0 Å². The molecule has 2 aromatic carbocycles. The standard InChI is InChI=1S/C18H19ClN2O3/c1-21(2)10-15(12-6-4-3-5-7-12)20-18(22)13-8-14(19)17-16(9-13)23-11-24-17/h3-9,15H,10-11H2,1-2H3,(H,20,22)/p+1/t15-/m1/s1. The molecule has 5 nitrogen and oxygen atoms in total. The summed E-state index contributed by atoms with van der Waals surface area (Å²) in [5.74, 6) is 0.804. The predicted molar refractivity (Wildman–Crippen MR) is 91.9 cm³/mol. The second kappa shape index (κ2) is 7.11. The number of nitrogens with one attached hydrogen (secondary N) is 2. The summed E-state index contributed by atoms with van der Waals surface area (Å²) in [7, 11) is 4.11. The van der Waals surface area contributed by atoms with Crippen LogP contribution in [0.3, 0.4) is 0 Å². The second-order valence-corrected chi connectivity index (χ2v) is 6.45. The van der Waals surface area contributed by atoms with Crippen LogP contribution in [0.1, 0.15) is 22.0 Å². The van der Waals surface area contributed by atoms with Gasteiger partial charge in [0.05, 0.1) is 19.1 Å². The molecule has 126 valence electrons. The molecule has 24 heavy (non-hydrogen) atoms. The average Bonchev–Trinajstić information content (AvgIpc) is 3.03. The van der Waals surface area contributed by atoms with Crippen LogP contribution in [0.15, 0.2) is 42.5 Å². The van der Waals surface area contributed by atoms with Crippen LogP contribution >= 0.6 is 11.6 Å². The fraction of sp³-hybridized carbons (Fsp3) is 0.278. The summed E-state index contributed by atoms with van der Waals surface area (Å²) in [6.45, 7) is 0.894. The quantitative estimate of drug-likeness (QED) is 0.865. The number of benzene rings is 2. The molecule has 2 aromatic rings. The zero-order chi connectivity index (χ0) is 17.1. The first-order valence-electron chi connectivity index (χ1n) is 7.78. The van der Waals surface area contributed by atoms with Gasteiger partial charge in [0.1, 0.15) is 12.6 Å². The Hall–Kier alpha value is -2.24. The van der Waals surface area contributed by atoms with Crippen LogP contribution in [0.5, 0.6) is 11.5 Å². The molecule has 0 aliphatic carbocycles. The third-order valence-electron chi connectivity index (χ3n) is 3.81. The smallest absolute Gasteiger partial charge is 0.252 e. The van der Waals surface area contributed by atoms with Crippen molar-refractivity contribution in [3.8, 4) is 11.5 Å². The van der Waals surface area contributed by atoms with Gasteiger partial charge in [0.25, 0.3) is 5.91 Å². The van der Waals surface area contributed by atoms with Gasteiger partial charge in [0, 0.05) is 5.56 Å². The highest BCUT2D eigenvalue weighted by atomic mass is 35.5. The number of ether oxygens (including phenoxy) is 2. The van der Waals surface area contributed by atoms with Gasteiger partial charge in [0.15, 0.2) is 11.5 Å². The first-order valence-corrected chi connectivity index (χ1v) is 8.16. The molecule has 1 aliphatic rings.